The van der Waals surface area contributed by atoms with Crippen molar-refractivity contribution in [2.45, 2.75) is 4.90 Å². The molecular formula is C17H18N2O3S2. The summed E-state index contributed by atoms with van der Waals surface area (Å²) in [7, 11) is -0.304. The third kappa shape index (κ3) is 5.75. The Hall–Kier alpha value is -2.25. The minimum atomic E-state index is -3.63. The van der Waals surface area contributed by atoms with Gasteiger partial charge < -0.3 is 4.90 Å². The van der Waals surface area contributed by atoms with Gasteiger partial charge in [0, 0.05) is 24.7 Å². The minimum Gasteiger partial charge on any atom is -0.339 e. The Morgan fingerprint density at radius 3 is 2.46 bits per heavy atom. The molecule has 0 heterocycles. The van der Waals surface area contributed by atoms with E-state index in [0.29, 0.717) is 10.6 Å². The molecule has 0 saturated heterocycles. The molecule has 2 aromatic rings. The Balaban J connectivity index is 2.09. The van der Waals surface area contributed by atoms with Crippen LogP contribution in [0.3, 0.4) is 0 Å². The van der Waals surface area contributed by atoms with E-state index in [4.69, 9.17) is 0 Å². The lowest BCUT2D eigenvalue weighted by Crippen LogP contribution is -2.16. The standard InChI is InChI=1S/C17H18N2O3S2/c1-19(2)17(20)23-16-10-6-9-15(13-16)18-24(21,22)12-11-14-7-4-3-5-8-14/h3-13,18H,1-2H3/b12-11+. The summed E-state index contributed by atoms with van der Waals surface area (Å²) in [5, 5.41) is 0.992. The first-order chi connectivity index (χ1) is 11.4. The molecule has 0 atom stereocenters. The number of carbonyl (C=O) groups is 1. The van der Waals surface area contributed by atoms with E-state index in [0.717, 1.165) is 22.7 Å². The lowest BCUT2D eigenvalue weighted by atomic mass is 10.2. The van der Waals surface area contributed by atoms with Gasteiger partial charge >= 0.3 is 0 Å². The molecule has 0 saturated carbocycles. The van der Waals surface area contributed by atoms with Crippen LogP contribution < -0.4 is 4.72 Å². The van der Waals surface area contributed by atoms with Crippen LogP contribution in [0.5, 0.6) is 0 Å². The molecule has 2 rings (SSSR count). The highest BCUT2D eigenvalue weighted by molar-refractivity contribution is 8.13. The Bertz CT molecular complexity index is 832. The largest absolute Gasteiger partial charge is 0.339 e. The Kier molecular flexibility index (Phi) is 6.05. The van der Waals surface area contributed by atoms with Gasteiger partial charge in [0.25, 0.3) is 15.3 Å². The molecule has 0 radical (unpaired) electrons. The lowest BCUT2D eigenvalue weighted by molar-refractivity contribution is 0.241. The highest BCUT2D eigenvalue weighted by Gasteiger charge is 2.09. The highest BCUT2D eigenvalue weighted by atomic mass is 32.2. The van der Waals surface area contributed by atoms with E-state index in [2.05, 4.69) is 4.72 Å². The van der Waals surface area contributed by atoms with Gasteiger partial charge in [0.15, 0.2) is 0 Å². The van der Waals surface area contributed by atoms with Crippen molar-refractivity contribution in [3.05, 3.63) is 65.6 Å². The van der Waals surface area contributed by atoms with Gasteiger partial charge in [-0.3, -0.25) is 9.52 Å². The molecule has 0 spiro atoms. The quantitative estimate of drug-likeness (QED) is 0.820. The Morgan fingerprint density at radius 1 is 1.08 bits per heavy atom. The number of nitrogens with zero attached hydrogens (tertiary/aromatic N) is 1. The summed E-state index contributed by atoms with van der Waals surface area (Å²) >= 11 is 1.04. The van der Waals surface area contributed by atoms with Crippen molar-refractivity contribution < 1.29 is 13.2 Å². The number of hydrogen-bond acceptors (Lipinski definition) is 4. The van der Waals surface area contributed by atoms with Crippen molar-refractivity contribution in [3.8, 4) is 0 Å². The van der Waals surface area contributed by atoms with Crippen molar-refractivity contribution in [2.75, 3.05) is 18.8 Å². The number of rotatable bonds is 5. The molecule has 1 N–H and O–H groups in total. The zero-order valence-corrected chi connectivity index (χ0v) is 15.0. The molecule has 0 unspecified atom stereocenters. The third-order valence-electron chi connectivity index (χ3n) is 2.90. The predicted octanol–water partition coefficient (Wildman–Crippen LogP) is 3.87. The maximum atomic E-state index is 12.1. The van der Waals surface area contributed by atoms with E-state index in [-0.39, 0.29) is 5.24 Å². The van der Waals surface area contributed by atoms with E-state index < -0.39 is 10.0 Å². The molecule has 5 nitrogen and oxygen atoms in total. The molecule has 0 fully saturated rings. The second-order valence-corrected chi connectivity index (χ2v) is 7.74. The number of anilines is 1. The maximum Gasteiger partial charge on any atom is 0.285 e. The summed E-state index contributed by atoms with van der Waals surface area (Å²) in [4.78, 5) is 13.8. The fraction of sp³-hybridized carbons (Fsp3) is 0.118. The summed E-state index contributed by atoms with van der Waals surface area (Å²) in [5.41, 5.74) is 1.20. The predicted molar refractivity (Wildman–Crippen MR) is 99.4 cm³/mol. The van der Waals surface area contributed by atoms with Gasteiger partial charge in [-0.15, -0.1) is 0 Å². The van der Waals surface area contributed by atoms with Gasteiger partial charge in [0.2, 0.25) is 0 Å². The molecule has 0 aliphatic carbocycles. The Labute approximate surface area is 146 Å². The van der Waals surface area contributed by atoms with Crippen LogP contribution in [-0.4, -0.2) is 32.7 Å². The third-order valence-corrected chi connectivity index (χ3v) is 4.95. The number of thioether (sulfide) groups is 1. The molecule has 126 valence electrons. The van der Waals surface area contributed by atoms with Crippen LogP contribution in [-0.2, 0) is 10.0 Å². The van der Waals surface area contributed by atoms with Crippen LogP contribution >= 0.6 is 11.8 Å². The van der Waals surface area contributed by atoms with Crippen LogP contribution in [0.4, 0.5) is 10.5 Å². The summed E-state index contributed by atoms with van der Waals surface area (Å²) in [5.74, 6) is 0. The molecule has 7 heteroatoms. The first-order valence-electron chi connectivity index (χ1n) is 7.11. The van der Waals surface area contributed by atoms with Gasteiger partial charge in [-0.2, -0.15) is 0 Å². The SMILES string of the molecule is CN(C)C(=O)Sc1cccc(NS(=O)(=O)/C=C/c2ccccc2)c1. The Morgan fingerprint density at radius 2 is 1.79 bits per heavy atom. The van der Waals surface area contributed by atoms with E-state index in [1.165, 1.54) is 11.0 Å². The van der Waals surface area contributed by atoms with Gasteiger partial charge in [-0.25, -0.2) is 8.42 Å². The van der Waals surface area contributed by atoms with Crippen LogP contribution in [0.2, 0.25) is 0 Å². The van der Waals surface area contributed by atoms with Gasteiger partial charge in [0.05, 0.1) is 5.41 Å². The van der Waals surface area contributed by atoms with Crippen molar-refractivity contribution in [1.29, 1.82) is 0 Å². The first-order valence-corrected chi connectivity index (χ1v) is 9.47. The van der Waals surface area contributed by atoms with Crippen molar-refractivity contribution in [1.82, 2.24) is 4.90 Å². The van der Waals surface area contributed by atoms with Crippen LogP contribution in [0.1, 0.15) is 5.56 Å². The van der Waals surface area contributed by atoms with Crippen LogP contribution in [0, 0.1) is 0 Å². The number of carbonyl (C=O) groups excluding carboxylic acids is 1. The maximum absolute atomic E-state index is 12.1. The zero-order chi connectivity index (χ0) is 17.6. The highest BCUT2D eigenvalue weighted by Crippen LogP contribution is 2.24. The monoisotopic (exact) mass is 362 g/mol. The number of benzene rings is 2. The minimum absolute atomic E-state index is 0.126. The number of hydrogen-bond donors (Lipinski definition) is 1. The molecule has 0 bridgehead atoms. The molecular weight excluding hydrogens is 344 g/mol. The summed E-state index contributed by atoms with van der Waals surface area (Å²) in [6.45, 7) is 0. The summed E-state index contributed by atoms with van der Waals surface area (Å²) < 4.78 is 26.7. The zero-order valence-electron chi connectivity index (χ0n) is 13.3. The molecule has 1 amide bonds. The molecule has 0 aliphatic heterocycles. The van der Waals surface area contributed by atoms with Crippen LogP contribution in [0.15, 0.2) is 64.9 Å². The average Bonchev–Trinajstić information content (AvgIpc) is 2.54. The van der Waals surface area contributed by atoms with E-state index in [1.54, 1.807) is 38.4 Å². The van der Waals surface area contributed by atoms with E-state index >= 15 is 0 Å². The summed E-state index contributed by atoms with van der Waals surface area (Å²) in [6.07, 6.45) is 1.52. The van der Waals surface area contributed by atoms with Crippen molar-refractivity contribution >= 4 is 38.8 Å². The van der Waals surface area contributed by atoms with E-state index in [9.17, 15) is 13.2 Å². The number of nitrogens with one attached hydrogen (secondary N) is 1. The van der Waals surface area contributed by atoms with Gasteiger partial charge in [-0.05, 0) is 41.6 Å². The number of amides is 1. The van der Waals surface area contributed by atoms with Crippen LogP contribution in [0.25, 0.3) is 6.08 Å². The van der Waals surface area contributed by atoms with Gasteiger partial charge in [0.1, 0.15) is 0 Å². The van der Waals surface area contributed by atoms with Crippen molar-refractivity contribution in [2.24, 2.45) is 0 Å². The molecule has 0 aliphatic rings. The molecule has 0 aromatic heterocycles. The second-order valence-electron chi connectivity index (χ2n) is 5.15. The first kappa shape index (κ1) is 18.1. The average molecular weight is 362 g/mol. The second kappa shape index (κ2) is 8.03. The smallest absolute Gasteiger partial charge is 0.285 e. The van der Waals surface area contributed by atoms with Gasteiger partial charge in [-0.1, -0.05) is 36.4 Å². The van der Waals surface area contributed by atoms with E-state index in [1.807, 2.05) is 30.3 Å². The fourth-order valence-corrected chi connectivity index (χ4v) is 3.32. The van der Waals surface area contributed by atoms with Crippen molar-refractivity contribution in [3.63, 3.8) is 0 Å². The lowest BCUT2D eigenvalue weighted by Gasteiger charge is -2.10. The normalized spacial score (nSPS) is 11.4. The summed E-state index contributed by atoms with van der Waals surface area (Å²) in [6, 6.07) is 15.9. The topological polar surface area (TPSA) is 66.5 Å². The molecule has 2 aromatic carbocycles. The fourth-order valence-electron chi connectivity index (χ4n) is 1.75. The molecule has 24 heavy (non-hydrogen) atoms. The number of sulfonamides is 1.